The molecule has 2 nitrogen and oxygen atoms in total. The summed E-state index contributed by atoms with van der Waals surface area (Å²) in [5, 5.41) is 0. The van der Waals surface area contributed by atoms with Gasteiger partial charge in [-0.2, -0.15) is 26.3 Å². The van der Waals surface area contributed by atoms with Crippen LogP contribution in [0.1, 0.15) is 29.2 Å². The van der Waals surface area contributed by atoms with Gasteiger partial charge in [0.2, 0.25) is 0 Å². The summed E-state index contributed by atoms with van der Waals surface area (Å²) in [6, 6.07) is 0.756. The summed E-state index contributed by atoms with van der Waals surface area (Å²) in [6.07, 6.45) is -10.8. The quantitative estimate of drug-likeness (QED) is 0.619. The van der Waals surface area contributed by atoms with Gasteiger partial charge in [0, 0.05) is 0 Å². The van der Waals surface area contributed by atoms with E-state index in [1.54, 1.807) is 0 Å². The number of alkyl halides is 6. The topological polar surface area (TPSA) is 26.3 Å². The number of benzene rings is 1. The van der Waals surface area contributed by atoms with Crippen molar-refractivity contribution in [1.29, 1.82) is 0 Å². The summed E-state index contributed by atoms with van der Waals surface area (Å²) in [5.41, 5.74) is -3.77. The van der Waals surface area contributed by atoms with Crippen LogP contribution in [0.3, 0.4) is 0 Å². The lowest BCUT2D eigenvalue weighted by Crippen LogP contribution is -2.18. The van der Waals surface area contributed by atoms with Crippen LogP contribution in [0.2, 0.25) is 0 Å². The smallest absolute Gasteiger partial charge is 0.417 e. The molecule has 0 spiro atoms. The molecule has 1 aromatic carbocycles. The molecular formula is C13H12F6O2. The van der Waals surface area contributed by atoms with Crippen LogP contribution in [0.15, 0.2) is 12.1 Å². The van der Waals surface area contributed by atoms with Crippen LogP contribution in [0.5, 0.6) is 0 Å². The third kappa shape index (κ3) is 4.37. The molecule has 0 saturated heterocycles. The van der Waals surface area contributed by atoms with Crippen molar-refractivity contribution in [2.75, 3.05) is 6.61 Å². The minimum atomic E-state index is -5.16. The van der Waals surface area contributed by atoms with E-state index in [1.165, 1.54) is 13.8 Å². The number of aryl methyl sites for hydroxylation is 1. The molecule has 0 amide bonds. The molecule has 8 heteroatoms. The van der Waals surface area contributed by atoms with Gasteiger partial charge in [-0.15, -0.1) is 0 Å². The van der Waals surface area contributed by atoms with Crippen molar-refractivity contribution in [3.63, 3.8) is 0 Å². The number of rotatable bonds is 3. The van der Waals surface area contributed by atoms with Gasteiger partial charge in [0.1, 0.15) is 0 Å². The normalized spacial score (nSPS) is 12.4. The van der Waals surface area contributed by atoms with Gasteiger partial charge in [0.05, 0.1) is 24.2 Å². The second-order valence-corrected chi connectivity index (χ2v) is 4.30. The molecule has 0 saturated carbocycles. The summed E-state index contributed by atoms with van der Waals surface area (Å²) < 4.78 is 80.9. The minimum absolute atomic E-state index is 0.0324. The SMILES string of the molecule is CCOC(=O)Cc1cc(C(F)(F)F)c(C(F)(F)F)cc1C. The maximum Gasteiger partial charge on any atom is 0.417 e. The Labute approximate surface area is 116 Å². The van der Waals surface area contributed by atoms with Crippen molar-refractivity contribution >= 4 is 5.97 Å². The maximum atomic E-state index is 12.8. The molecule has 0 heterocycles. The average molecular weight is 314 g/mol. The first-order valence-corrected chi connectivity index (χ1v) is 5.90. The van der Waals surface area contributed by atoms with E-state index in [2.05, 4.69) is 4.74 Å². The molecular weight excluding hydrogens is 302 g/mol. The molecule has 0 aliphatic rings. The highest BCUT2D eigenvalue weighted by Crippen LogP contribution is 2.41. The Morgan fingerprint density at radius 3 is 1.95 bits per heavy atom. The Bertz CT molecular complexity index is 531. The molecule has 0 radical (unpaired) electrons. The van der Waals surface area contributed by atoms with Gasteiger partial charge < -0.3 is 4.74 Å². The second-order valence-electron chi connectivity index (χ2n) is 4.30. The van der Waals surface area contributed by atoms with E-state index in [-0.39, 0.29) is 17.7 Å². The molecule has 0 aliphatic heterocycles. The van der Waals surface area contributed by atoms with Crippen LogP contribution in [0.25, 0.3) is 0 Å². The van der Waals surface area contributed by atoms with Crippen LogP contribution in [-0.4, -0.2) is 12.6 Å². The molecule has 0 atom stereocenters. The highest BCUT2D eigenvalue weighted by atomic mass is 19.4. The zero-order valence-electron chi connectivity index (χ0n) is 11.2. The number of halogens is 6. The van der Waals surface area contributed by atoms with Crippen LogP contribution in [0, 0.1) is 6.92 Å². The van der Waals surface area contributed by atoms with Crippen molar-refractivity contribution in [2.45, 2.75) is 32.6 Å². The molecule has 0 N–H and O–H groups in total. The summed E-state index contributed by atoms with van der Waals surface area (Å²) >= 11 is 0. The van der Waals surface area contributed by atoms with Gasteiger partial charge in [-0.25, -0.2) is 0 Å². The van der Waals surface area contributed by atoms with Crippen LogP contribution in [0.4, 0.5) is 26.3 Å². The van der Waals surface area contributed by atoms with Gasteiger partial charge in [0.25, 0.3) is 0 Å². The average Bonchev–Trinajstić information content (AvgIpc) is 2.28. The molecule has 0 unspecified atom stereocenters. The zero-order chi connectivity index (χ0) is 16.4. The third-order valence-corrected chi connectivity index (χ3v) is 2.73. The summed E-state index contributed by atoms with van der Waals surface area (Å²) in [4.78, 5) is 11.3. The van der Waals surface area contributed by atoms with Crippen LogP contribution < -0.4 is 0 Å². The Morgan fingerprint density at radius 2 is 1.52 bits per heavy atom. The summed E-state index contributed by atoms with van der Waals surface area (Å²) in [5.74, 6) is -0.798. The molecule has 118 valence electrons. The van der Waals surface area contributed by atoms with Crippen LogP contribution in [-0.2, 0) is 28.3 Å². The molecule has 0 bridgehead atoms. The predicted octanol–water partition coefficient (Wildman–Crippen LogP) is 4.14. The lowest BCUT2D eigenvalue weighted by atomic mass is 9.96. The van der Waals surface area contributed by atoms with Crippen molar-refractivity contribution in [3.05, 3.63) is 34.4 Å². The summed E-state index contributed by atoms with van der Waals surface area (Å²) in [6.45, 7) is 2.76. The molecule has 1 aromatic rings. The second kappa shape index (κ2) is 5.95. The fraction of sp³-hybridized carbons (Fsp3) is 0.462. The van der Waals surface area contributed by atoms with Gasteiger partial charge in [-0.05, 0) is 37.1 Å². The number of hydrogen-bond acceptors (Lipinski definition) is 2. The minimum Gasteiger partial charge on any atom is -0.466 e. The van der Waals surface area contributed by atoms with Gasteiger partial charge >= 0.3 is 18.3 Å². The Hall–Kier alpha value is -1.73. The maximum absolute atomic E-state index is 12.8. The first-order chi connectivity index (χ1) is 9.46. The number of ether oxygens (including phenoxy) is 1. The van der Waals surface area contributed by atoms with E-state index in [0.29, 0.717) is 12.1 Å². The van der Waals surface area contributed by atoms with Gasteiger partial charge in [-0.1, -0.05) is 0 Å². The number of hydrogen-bond donors (Lipinski definition) is 0. The zero-order valence-corrected chi connectivity index (χ0v) is 11.2. The third-order valence-electron chi connectivity index (χ3n) is 2.73. The van der Waals surface area contributed by atoms with Gasteiger partial charge in [-0.3, -0.25) is 4.79 Å². The molecule has 1 rings (SSSR count). The lowest BCUT2D eigenvalue weighted by molar-refractivity contribution is -0.162. The lowest BCUT2D eigenvalue weighted by Gasteiger charge is -2.18. The van der Waals surface area contributed by atoms with Crippen molar-refractivity contribution in [2.24, 2.45) is 0 Å². The highest BCUT2D eigenvalue weighted by Gasteiger charge is 2.43. The fourth-order valence-electron chi connectivity index (χ4n) is 1.78. The van der Waals surface area contributed by atoms with E-state index in [0.717, 1.165) is 0 Å². The van der Waals surface area contributed by atoms with E-state index >= 15 is 0 Å². The van der Waals surface area contributed by atoms with E-state index in [4.69, 9.17) is 0 Å². The van der Waals surface area contributed by atoms with Crippen molar-refractivity contribution in [3.8, 4) is 0 Å². The van der Waals surface area contributed by atoms with E-state index in [9.17, 15) is 31.1 Å². The monoisotopic (exact) mass is 314 g/mol. The fourth-order valence-corrected chi connectivity index (χ4v) is 1.78. The van der Waals surface area contributed by atoms with Crippen molar-refractivity contribution < 1.29 is 35.9 Å². The molecule has 21 heavy (non-hydrogen) atoms. The Balaban J connectivity index is 3.35. The molecule has 0 fully saturated rings. The predicted molar refractivity (Wildman–Crippen MR) is 61.5 cm³/mol. The Kier molecular flexibility index (Phi) is 4.91. The van der Waals surface area contributed by atoms with E-state index in [1.807, 2.05) is 0 Å². The standard InChI is InChI=1S/C13H12F6O2/c1-3-21-11(20)6-8-5-10(13(17,18)19)9(4-7(8)2)12(14,15)16/h4-5H,3,6H2,1-2H3. The summed E-state index contributed by atoms with van der Waals surface area (Å²) in [7, 11) is 0. The van der Waals surface area contributed by atoms with Gasteiger partial charge in [0.15, 0.2) is 0 Å². The van der Waals surface area contributed by atoms with Crippen molar-refractivity contribution in [1.82, 2.24) is 0 Å². The number of carbonyl (C=O) groups is 1. The number of carbonyl (C=O) groups excluding carboxylic acids is 1. The first kappa shape index (κ1) is 17.3. The highest BCUT2D eigenvalue weighted by molar-refractivity contribution is 5.73. The first-order valence-electron chi connectivity index (χ1n) is 5.90. The molecule has 0 aromatic heterocycles. The Morgan fingerprint density at radius 1 is 1.05 bits per heavy atom. The molecule has 0 aliphatic carbocycles. The van der Waals surface area contributed by atoms with E-state index < -0.39 is 35.9 Å². The largest absolute Gasteiger partial charge is 0.466 e. The van der Waals surface area contributed by atoms with Crippen LogP contribution >= 0.6 is 0 Å². The number of esters is 1.